The van der Waals surface area contributed by atoms with Crippen molar-refractivity contribution in [2.45, 2.75) is 0 Å². The predicted molar refractivity (Wildman–Crippen MR) is 114 cm³/mol. The lowest BCUT2D eigenvalue weighted by molar-refractivity contribution is 0.123. The lowest BCUT2D eigenvalue weighted by atomic mass is 10.1. The molecule has 2 heterocycles. The lowest BCUT2D eigenvalue weighted by Crippen LogP contribution is -2.36. The van der Waals surface area contributed by atoms with Crippen LogP contribution in [0.4, 0.5) is 9.39 Å². The van der Waals surface area contributed by atoms with Crippen molar-refractivity contribution in [2.24, 2.45) is 0 Å². The Morgan fingerprint density at radius 3 is 2.14 bits per heavy atom. The van der Waals surface area contributed by atoms with Gasteiger partial charge in [0.1, 0.15) is 5.82 Å². The van der Waals surface area contributed by atoms with Gasteiger partial charge in [0.05, 0.1) is 18.2 Å². The largest absolute Gasteiger partial charge is 0.378 e. The molecule has 1 saturated heterocycles. The molecule has 0 amide bonds. The minimum atomic E-state index is -0.236. The summed E-state index contributed by atoms with van der Waals surface area (Å²) < 4.78 is 18.4. The number of anilines is 1. The molecule has 5 heteroatoms. The zero-order valence-corrected chi connectivity index (χ0v) is 16.1. The Kier molecular flexibility index (Phi) is 5.65. The third kappa shape index (κ3) is 4.55. The molecule has 0 bridgehead atoms. The smallest absolute Gasteiger partial charge is 0.182 e. The standard InChI is InChI=1S/C23H20FNO2S/c24-20-9-5-18(6-10-20)2-1-17-3-7-19(8-4-17)22-15-21(26)16-23(28-22)25-11-13-27-14-12-25/h1-10,15-16H,11-14H2/b2-1+. The van der Waals surface area contributed by atoms with Gasteiger partial charge in [-0.05, 0) is 28.8 Å². The maximum Gasteiger partial charge on any atom is 0.182 e. The van der Waals surface area contributed by atoms with Crippen molar-refractivity contribution in [2.75, 3.05) is 31.2 Å². The average molecular weight is 393 g/mol. The second kappa shape index (κ2) is 8.50. The molecular formula is C23H20FNO2S. The predicted octanol–water partition coefficient (Wildman–Crippen LogP) is 4.92. The summed E-state index contributed by atoms with van der Waals surface area (Å²) in [5, 5.41) is 0.992. The molecule has 4 rings (SSSR count). The number of hydrogen-bond acceptors (Lipinski definition) is 4. The Bertz CT molecular complexity index is 1020. The molecule has 3 aromatic rings. The fourth-order valence-electron chi connectivity index (χ4n) is 3.07. The normalized spacial score (nSPS) is 14.5. The Labute approximate surface area is 167 Å². The van der Waals surface area contributed by atoms with E-state index in [-0.39, 0.29) is 11.2 Å². The first-order valence-corrected chi connectivity index (χ1v) is 10.0. The van der Waals surface area contributed by atoms with Gasteiger partial charge in [0.15, 0.2) is 5.43 Å². The minimum absolute atomic E-state index is 0.0236. The van der Waals surface area contributed by atoms with Crippen molar-refractivity contribution in [3.8, 4) is 10.4 Å². The number of rotatable bonds is 4. The first-order valence-electron chi connectivity index (χ1n) is 9.19. The molecule has 0 N–H and O–H groups in total. The van der Waals surface area contributed by atoms with E-state index in [2.05, 4.69) is 4.90 Å². The number of hydrogen-bond donors (Lipinski definition) is 0. The van der Waals surface area contributed by atoms with Crippen molar-refractivity contribution in [1.29, 1.82) is 0 Å². The van der Waals surface area contributed by atoms with Crippen molar-refractivity contribution in [3.05, 3.63) is 87.8 Å². The fourth-order valence-corrected chi connectivity index (χ4v) is 4.21. The summed E-state index contributed by atoms with van der Waals surface area (Å²) in [6, 6.07) is 17.9. The summed E-state index contributed by atoms with van der Waals surface area (Å²) in [4.78, 5) is 15.4. The van der Waals surface area contributed by atoms with E-state index >= 15 is 0 Å². The summed E-state index contributed by atoms with van der Waals surface area (Å²) >= 11 is 1.63. The van der Waals surface area contributed by atoms with Gasteiger partial charge in [0.25, 0.3) is 0 Å². The highest BCUT2D eigenvalue weighted by Gasteiger charge is 2.13. The Morgan fingerprint density at radius 1 is 0.893 bits per heavy atom. The second-order valence-corrected chi connectivity index (χ2v) is 7.66. The number of benzene rings is 2. The van der Waals surface area contributed by atoms with E-state index in [1.807, 2.05) is 36.4 Å². The number of ether oxygens (including phenoxy) is 1. The molecule has 0 atom stereocenters. The molecule has 0 radical (unpaired) electrons. The van der Waals surface area contributed by atoms with E-state index in [1.165, 1.54) is 12.1 Å². The van der Waals surface area contributed by atoms with E-state index in [0.717, 1.165) is 39.7 Å². The summed E-state index contributed by atoms with van der Waals surface area (Å²) in [7, 11) is 0. The van der Waals surface area contributed by atoms with Crippen molar-refractivity contribution < 1.29 is 9.13 Å². The maximum atomic E-state index is 13.0. The molecule has 0 spiro atoms. The van der Waals surface area contributed by atoms with Crippen LogP contribution in [0.1, 0.15) is 11.1 Å². The summed E-state index contributed by atoms with van der Waals surface area (Å²) in [5.41, 5.74) is 3.04. The Hall–Kier alpha value is -2.76. The summed E-state index contributed by atoms with van der Waals surface area (Å²) in [6.45, 7) is 3.01. The highest BCUT2D eigenvalue weighted by Crippen LogP contribution is 2.30. The number of nitrogens with zero attached hydrogens (tertiary/aromatic N) is 1. The second-order valence-electron chi connectivity index (χ2n) is 6.60. The van der Waals surface area contributed by atoms with Gasteiger partial charge in [-0.1, -0.05) is 48.6 Å². The first-order chi connectivity index (χ1) is 13.7. The average Bonchev–Trinajstić information content (AvgIpc) is 2.74. The van der Waals surface area contributed by atoms with Crippen LogP contribution >= 0.6 is 11.3 Å². The molecule has 1 aliphatic heterocycles. The van der Waals surface area contributed by atoms with E-state index in [1.54, 1.807) is 35.6 Å². The van der Waals surface area contributed by atoms with Gasteiger partial charge >= 0.3 is 0 Å². The summed E-state index contributed by atoms with van der Waals surface area (Å²) in [5.74, 6) is -0.236. The minimum Gasteiger partial charge on any atom is -0.378 e. The van der Waals surface area contributed by atoms with Gasteiger partial charge in [-0.2, -0.15) is 0 Å². The SMILES string of the molecule is O=c1cc(-c2ccc(/C=C/c3ccc(F)cc3)cc2)sc(N2CCOCC2)c1. The van der Waals surface area contributed by atoms with Crippen molar-refractivity contribution in [3.63, 3.8) is 0 Å². The molecule has 28 heavy (non-hydrogen) atoms. The number of morpholine rings is 1. The van der Waals surface area contributed by atoms with Crippen LogP contribution in [0, 0.1) is 5.82 Å². The molecular weight excluding hydrogens is 373 g/mol. The Morgan fingerprint density at radius 2 is 1.50 bits per heavy atom. The molecule has 142 valence electrons. The monoisotopic (exact) mass is 393 g/mol. The molecule has 1 aliphatic rings. The van der Waals surface area contributed by atoms with E-state index in [0.29, 0.717) is 13.2 Å². The van der Waals surface area contributed by atoms with Crippen LogP contribution in [0.25, 0.3) is 22.6 Å². The van der Waals surface area contributed by atoms with Crippen LogP contribution in [-0.4, -0.2) is 26.3 Å². The third-order valence-corrected chi connectivity index (χ3v) is 5.77. The van der Waals surface area contributed by atoms with E-state index in [4.69, 9.17) is 4.74 Å². The van der Waals surface area contributed by atoms with Crippen LogP contribution in [0.2, 0.25) is 0 Å². The molecule has 3 nitrogen and oxygen atoms in total. The molecule has 0 aliphatic carbocycles. The van der Waals surface area contributed by atoms with E-state index < -0.39 is 0 Å². The maximum absolute atomic E-state index is 13.0. The van der Waals surface area contributed by atoms with Gasteiger partial charge in [0.2, 0.25) is 0 Å². The third-order valence-electron chi connectivity index (χ3n) is 4.61. The molecule has 1 aromatic heterocycles. The van der Waals surface area contributed by atoms with Gasteiger partial charge in [0, 0.05) is 30.1 Å². The van der Waals surface area contributed by atoms with Crippen molar-refractivity contribution >= 4 is 28.5 Å². The van der Waals surface area contributed by atoms with Crippen LogP contribution < -0.4 is 10.3 Å². The van der Waals surface area contributed by atoms with Crippen LogP contribution in [0.15, 0.2) is 65.5 Å². The van der Waals surface area contributed by atoms with Crippen molar-refractivity contribution in [1.82, 2.24) is 0 Å². The molecule has 0 saturated carbocycles. The van der Waals surface area contributed by atoms with Crippen LogP contribution in [0.5, 0.6) is 0 Å². The first kappa shape index (κ1) is 18.6. The van der Waals surface area contributed by atoms with Crippen LogP contribution in [0.3, 0.4) is 0 Å². The van der Waals surface area contributed by atoms with Gasteiger partial charge in [-0.3, -0.25) is 4.79 Å². The fraction of sp³-hybridized carbons (Fsp3) is 0.174. The van der Waals surface area contributed by atoms with Gasteiger partial charge in [-0.15, -0.1) is 11.3 Å². The molecule has 2 aromatic carbocycles. The molecule has 1 fully saturated rings. The lowest BCUT2D eigenvalue weighted by Gasteiger charge is -2.28. The zero-order chi connectivity index (χ0) is 19.3. The van der Waals surface area contributed by atoms with E-state index in [9.17, 15) is 9.18 Å². The van der Waals surface area contributed by atoms with Crippen LogP contribution in [-0.2, 0) is 4.74 Å². The van der Waals surface area contributed by atoms with Gasteiger partial charge < -0.3 is 9.64 Å². The highest BCUT2D eigenvalue weighted by atomic mass is 32.1. The van der Waals surface area contributed by atoms with Gasteiger partial charge in [-0.25, -0.2) is 4.39 Å². The summed E-state index contributed by atoms with van der Waals surface area (Å²) in [6.07, 6.45) is 3.94. The highest BCUT2D eigenvalue weighted by molar-refractivity contribution is 7.19. The Balaban J connectivity index is 1.54. The molecule has 0 unspecified atom stereocenters. The zero-order valence-electron chi connectivity index (χ0n) is 15.3. The topological polar surface area (TPSA) is 29.5 Å². The quantitative estimate of drug-likeness (QED) is 0.589. The number of halogens is 1.